The van der Waals surface area contributed by atoms with Crippen molar-refractivity contribution in [2.45, 2.75) is 75.5 Å². The Morgan fingerprint density at radius 1 is 0.978 bits per heavy atom. The van der Waals surface area contributed by atoms with Crippen molar-refractivity contribution in [2.24, 2.45) is 0 Å². The third kappa shape index (κ3) is 8.97. The van der Waals surface area contributed by atoms with Crippen molar-refractivity contribution >= 4 is 34.8 Å². The first-order valence-electron chi connectivity index (χ1n) is 15.6. The fourth-order valence-electron chi connectivity index (χ4n) is 5.85. The number of unbranched alkanes of at least 4 members (excludes halogenated alkanes) is 5. The normalized spacial score (nSPS) is 18.2. The predicted octanol–water partition coefficient (Wildman–Crippen LogP) is 6.69. The number of esters is 1. The summed E-state index contributed by atoms with van der Waals surface area (Å²) in [5.74, 6) is -0.208. The molecule has 1 aliphatic rings. The number of alkyl carbamates (subject to hydrolysis) is 1. The fraction of sp³-hybridized carbons (Fsp3) is 0.472. The van der Waals surface area contributed by atoms with Gasteiger partial charge in [-0.25, -0.2) is 9.59 Å². The Balaban J connectivity index is 1.90. The number of carbonyl (C=O) groups excluding carboxylic acids is 3. The van der Waals surface area contributed by atoms with E-state index in [1.807, 2.05) is 42.5 Å². The maximum Gasteiger partial charge on any atom is 0.407 e. The van der Waals surface area contributed by atoms with Crippen LogP contribution in [0.3, 0.4) is 0 Å². The molecule has 0 saturated carbocycles. The Labute approximate surface area is 267 Å². The van der Waals surface area contributed by atoms with E-state index in [0.29, 0.717) is 25.0 Å². The molecule has 9 nitrogen and oxygen atoms in total. The zero-order valence-electron chi connectivity index (χ0n) is 27.0. The van der Waals surface area contributed by atoms with Crippen LogP contribution in [0.1, 0.15) is 68.9 Å². The highest BCUT2D eigenvalue weighted by molar-refractivity contribution is 5.91. The van der Waals surface area contributed by atoms with Gasteiger partial charge in [0.05, 0.1) is 27.4 Å². The highest BCUT2D eigenvalue weighted by atomic mass is 16.5. The number of amides is 2. The molecule has 0 bridgehead atoms. The summed E-state index contributed by atoms with van der Waals surface area (Å²) >= 11 is 0. The van der Waals surface area contributed by atoms with Crippen LogP contribution >= 0.6 is 0 Å². The summed E-state index contributed by atoms with van der Waals surface area (Å²) in [5.41, 5.74) is 0.672. The van der Waals surface area contributed by atoms with Gasteiger partial charge >= 0.3 is 12.1 Å². The number of rotatable bonds is 18. The van der Waals surface area contributed by atoms with Gasteiger partial charge in [0, 0.05) is 19.1 Å². The summed E-state index contributed by atoms with van der Waals surface area (Å²) in [6.07, 6.45) is 11.1. The Bertz CT molecular complexity index is 1360. The Morgan fingerprint density at radius 3 is 2.36 bits per heavy atom. The van der Waals surface area contributed by atoms with Crippen LogP contribution in [0.15, 0.2) is 62.2 Å². The summed E-state index contributed by atoms with van der Waals surface area (Å²) < 4.78 is 22.2. The molecule has 1 N–H and O–H groups in total. The number of hydrogen-bond acceptors (Lipinski definition) is 7. The average molecular weight is 621 g/mol. The third-order valence-corrected chi connectivity index (χ3v) is 8.43. The Kier molecular flexibility index (Phi) is 13.7. The van der Waals surface area contributed by atoms with Crippen molar-refractivity contribution in [3.63, 3.8) is 0 Å². The van der Waals surface area contributed by atoms with E-state index in [1.165, 1.54) is 12.0 Å². The Morgan fingerprint density at radius 2 is 1.71 bits per heavy atom. The minimum atomic E-state index is -0.989. The highest BCUT2D eigenvalue weighted by Gasteiger charge is 2.52. The summed E-state index contributed by atoms with van der Waals surface area (Å²) in [6, 6.07) is 8.07. The average Bonchev–Trinajstić information content (AvgIpc) is 3.47. The summed E-state index contributed by atoms with van der Waals surface area (Å²) in [6.45, 7) is 11.7. The summed E-state index contributed by atoms with van der Waals surface area (Å²) in [5, 5.41) is 4.68. The first-order valence-corrected chi connectivity index (χ1v) is 15.6. The lowest BCUT2D eigenvalue weighted by molar-refractivity contribution is -0.151. The molecule has 2 unspecified atom stereocenters. The second-order valence-corrected chi connectivity index (χ2v) is 11.3. The molecule has 1 fully saturated rings. The SMILES string of the molecule is C=CCCCCC[C@H](NC(=O)OCCCCC=C)C(=O)N1CC(OC)(c2ccc3cc(OC)c(C=C)cc3c2)CC1C(=O)OC. The molecule has 0 aliphatic carbocycles. The van der Waals surface area contributed by atoms with Crippen LogP contribution < -0.4 is 10.1 Å². The quantitative estimate of drug-likeness (QED) is 0.112. The van der Waals surface area contributed by atoms with Gasteiger partial charge in [0.1, 0.15) is 23.4 Å². The second-order valence-electron chi connectivity index (χ2n) is 11.3. The van der Waals surface area contributed by atoms with Crippen LogP contribution in [0.5, 0.6) is 5.75 Å². The highest BCUT2D eigenvalue weighted by Crippen LogP contribution is 2.41. The zero-order valence-corrected chi connectivity index (χ0v) is 27.0. The molecule has 2 aromatic carbocycles. The molecule has 2 amide bonds. The van der Waals surface area contributed by atoms with Crippen LogP contribution in [-0.4, -0.2) is 69.4 Å². The number of nitrogens with one attached hydrogen (secondary N) is 1. The maximum absolute atomic E-state index is 14.2. The van der Waals surface area contributed by atoms with Gasteiger partial charge in [0.25, 0.3) is 0 Å². The van der Waals surface area contributed by atoms with Crippen LogP contribution in [0.25, 0.3) is 16.8 Å². The number of ether oxygens (including phenoxy) is 4. The number of carbonyl (C=O) groups is 3. The number of fused-ring (bicyclic) bond motifs is 1. The first kappa shape index (κ1) is 35.4. The molecule has 1 aliphatic heterocycles. The number of likely N-dealkylation sites (tertiary alicyclic amines) is 1. The van der Waals surface area contributed by atoms with Crippen molar-refractivity contribution in [3.05, 3.63) is 73.3 Å². The van der Waals surface area contributed by atoms with Crippen molar-refractivity contribution in [1.29, 1.82) is 0 Å². The maximum atomic E-state index is 14.2. The van der Waals surface area contributed by atoms with Gasteiger partial charge < -0.3 is 29.2 Å². The predicted molar refractivity (Wildman–Crippen MR) is 177 cm³/mol. The van der Waals surface area contributed by atoms with E-state index in [0.717, 1.165) is 54.0 Å². The molecule has 0 spiro atoms. The van der Waals surface area contributed by atoms with Gasteiger partial charge in [-0.3, -0.25) is 4.79 Å². The lowest BCUT2D eigenvalue weighted by atomic mass is 9.89. The molecule has 244 valence electrons. The van der Waals surface area contributed by atoms with E-state index >= 15 is 0 Å². The molecular formula is C36H48N2O7. The molecule has 2 aromatic rings. The largest absolute Gasteiger partial charge is 0.496 e. The molecule has 9 heteroatoms. The van der Waals surface area contributed by atoms with Crippen LogP contribution in [0, 0.1) is 0 Å². The summed E-state index contributed by atoms with van der Waals surface area (Å²) in [4.78, 5) is 41.6. The van der Waals surface area contributed by atoms with Crippen LogP contribution in [-0.2, 0) is 29.4 Å². The zero-order chi connectivity index (χ0) is 32.8. The fourth-order valence-corrected chi connectivity index (χ4v) is 5.85. The molecule has 45 heavy (non-hydrogen) atoms. The smallest absolute Gasteiger partial charge is 0.407 e. The van der Waals surface area contributed by atoms with Gasteiger partial charge in [-0.1, -0.05) is 49.8 Å². The molecule has 3 rings (SSSR count). The van der Waals surface area contributed by atoms with Gasteiger partial charge in [-0.15, -0.1) is 13.2 Å². The lowest BCUT2D eigenvalue weighted by Gasteiger charge is -2.30. The molecule has 3 atom stereocenters. The minimum Gasteiger partial charge on any atom is -0.496 e. The van der Waals surface area contributed by atoms with Gasteiger partial charge in [0.2, 0.25) is 5.91 Å². The Hall–Kier alpha value is -4.11. The van der Waals surface area contributed by atoms with Crippen molar-refractivity contribution in [1.82, 2.24) is 10.2 Å². The topological polar surface area (TPSA) is 103 Å². The molecular weight excluding hydrogens is 572 g/mol. The van der Waals surface area contributed by atoms with Crippen molar-refractivity contribution < 1.29 is 33.3 Å². The number of nitrogens with zero attached hydrogens (tertiary/aromatic N) is 1. The van der Waals surface area contributed by atoms with E-state index in [9.17, 15) is 14.4 Å². The number of methoxy groups -OCH3 is 3. The lowest BCUT2D eigenvalue weighted by Crippen LogP contribution is -2.52. The first-order chi connectivity index (χ1) is 21.8. The van der Waals surface area contributed by atoms with Crippen LogP contribution in [0.2, 0.25) is 0 Å². The van der Waals surface area contributed by atoms with E-state index in [4.69, 9.17) is 18.9 Å². The summed E-state index contributed by atoms with van der Waals surface area (Å²) in [7, 11) is 4.50. The van der Waals surface area contributed by atoms with Crippen molar-refractivity contribution in [2.75, 3.05) is 34.5 Å². The minimum absolute atomic E-state index is 0.101. The van der Waals surface area contributed by atoms with Crippen LogP contribution in [0.4, 0.5) is 4.79 Å². The van der Waals surface area contributed by atoms with Gasteiger partial charge in [0.15, 0.2) is 0 Å². The number of benzene rings is 2. The molecule has 1 heterocycles. The van der Waals surface area contributed by atoms with E-state index in [-0.39, 0.29) is 25.5 Å². The van der Waals surface area contributed by atoms with Crippen molar-refractivity contribution in [3.8, 4) is 5.75 Å². The number of hydrogen-bond donors (Lipinski definition) is 1. The standard InChI is InChI=1S/C36H48N2O7/c1-7-10-12-14-15-17-30(37-35(41)45-20-16-13-11-8-2)33(39)38-25-36(44-6,24-31(38)34(40)43-5)29-19-18-27-23-32(42-4)26(9-3)21-28(27)22-29/h7-9,18-19,21-23,30-31H,1-3,10-17,20,24-25H2,4-6H3,(H,37,41)/t30-,31?,36?/m0/s1. The van der Waals surface area contributed by atoms with E-state index in [1.54, 1.807) is 20.3 Å². The monoisotopic (exact) mass is 620 g/mol. The van der Waals surface area contributed by atoms with Gasteiger partial charge in [-0.05, 0) is 73.1 Å². The van der Waals surface area contributed by atoms with E-state index in [2.05, 4.69) is 25.1 Å². The molecule has 0 radical (unpaired) electrons. The third-order valence-electron chi connectivity index (χ3n) is 8.43. The molecule has 0 aromatic heterocycles. The van der Waals surface area contributed by atoms with E-state index < -0.39 is 29.7 Å². The second kappa shape index (κ2) is 17.4. The van der Waals surface area contributed by atoms with Gasteiger partial charge in [-0.2, -0.15) is 0 Å². The molecule has 1 saturated heterocycles. The number of allylic oxidation sites excluding steroid dienone is 2.